The molecule has 8 heteroatoms. The zero-order valence-electron chi connectivity index (χ0n) is 15.6. The van der Waals surface area contributed by atoms with Gasteiger partial charge in [-0.15, -0.1) is 12.4 Å². The maximum Gasteiger partial charge on any atom is 0.328 e. The van der Waals surface area contributed by atoms with Crippen LogP contribution in [0.2, 0.25) is 0 Å². The number of amides is 1. The highest BCUT2D eigenvalue weighted by atomic mass is 35.5. The van der Waals surface area contributed by atoms with Crippen LogP contribution in [0.3, 0.4) is 0 Å². The number of hydrogen-bond acceptors (Lipinski definition) is 6. The van der Waals surface area contributed by atoms with Gasteiger partial charge in [0.25, 0.3) is 0 Å². The molecular weight excluding hydrogens is 360 g/mol. The summed E-state index contributed by atoms with van der Waals surface area (Å²) in [6.07, 6.45) is 0.824. The van der Waals surface area contributed by atoms with E-state index in [0.717, 1.165) is 6.42 Å². The van der Waals surface area contributed by atoms with Crippen LogP contribution in [0.25, 0.3) is 0 Å². The van der Waals surface area contributed by atoms with Crippen LogP contribution in [0.1, 0.15) is 39.7 Å². The van der Waals surface area contributed by atoms with Gasteiger partial charge in [-0.2, -0.15) is 0 Å². The summed E-state index contributed by atoms with van der Waals surface area (Å²) in [6.45, 7) is 7.37. The number of carbonyl (C=O) groups is 2. The Bertz CT molecular complexity index is 614. The number of ether oxygens (including phenoxy) is 1. The molecule has 26 heavy (non-hydrogen) atoms. The number of rotatable bonds is 8. The minimum absolute atomic E-state index is 0. The van der Waals surface area contributed by atoms with Crippen molar-refractivity contribution in [3.8, 4) is 11.5 Å². The van der Waals surface area contributed by atoms with Gasteiger partial charge in [0.15, 0.2) is 11.5 Å². The summed E-state index contributed by atoms with van der Waals surface area (Å²) in [7, 11) is 0. The molecule has 1 aromatic rings. The van der Waals surface area contributed by atoms with Gasteiger partial charge in [0, 0.05) is 6.42 Å². The summed E-state index contributed by atoms with van der Waals surface area (Å²) < 4.78 is 5.25. The lowest BCUT2D eigenvalue weighted by Gasteiger charge is -2.23. The van der Waals surface area contributed by atoms with Gasteiger partial charge >= 0.3 is 5.97 Å². The van der Waals surface area contributed by atoms with E-state index >= 15 is 0 Å². The van der Waals surface area contributed by atoms with E-state index in [2.05, 4.69) is 5.32 Å². The van der Waals surface area contributed by atoms with Gasteiger partial charge in [-0.25, -0.2) is 4.79 Å². The molecule has 1 rings (SSSR count). The highest BCUT2D eigenvalue weighted by molar-refractivity contribution is 5.89. The van der Waals surface area contributed by atoms with Gasteiger partial charge in [-0.05, 0) is 43.9 Å². The van der Waals surface area contributed by atoms with Gasteiger partial charge in [0.05, 0.1) is 12.1 Å². The Balaban J connectivity index is 0.00000625. The predicted octanol–water partition coefficient (Wildman–Crippen LogP) is 1.87. The molecule has 0 aliphatic carbocycles. The number of nitrogens with two attached hydrogens (primary N) is 1. The monoisotopic (exact) mass is 388 g/mol. The zero-order chi connectivity index (χ0) is 19.2. The Morgan fingerprint density at radius 3 is 2.35 bits per heavy atom. The summed E-state index contributed by atoms with van der Waals surface area (Å²) in [5, 5.41) is 21.6. The van der Waals surface area contributed by atoms with Crippen LogP contribution in [0.4, 0.5) is 0 Å². The molecule has 0 bridgehead atoms. The molecule has 0 aliphatic rings. The highest BCUT2D eigenvalue weighted by Crippen LogP contribution is 2.25. The van der Waals surface area contributed by atoms with Crippen LogP contribution in [0.15, 0.2) is 18.2 Å². The Morgan fingerprint density at radius 1 is 1.23 bits per heavy atom. The van der Waals surface area contributed by atoms with Crippen molar-refractivity contribution in [1.82, 2.24) is 5.32 Å². The molecule has 5 N–H and O–H groups in total. The van der Waals surface area contributed by atoms with Crippen molar-refractivity contribution in [3.63, 3.8) is 0 Å². The molecule has 0 aromatic heterocycles. The fourth-order valence-electron chi connectivity index (χ4n) is 1.97. The Kier molecular flexibility index (Phi) is 9.45. The Morgan fingerprint density at radius 2 is 1.85 bits per heavy atom. The van der Waals surface area contributed by atoms with Gasteiger partial charge in [0.2, 0.25) is 5.91 Å². The van der Waals surface area contributed by atoms with Crippen molar-refractivity contribution in [3.05, 3.63) is 23.8 Å². The van der Waals surface area contributed by atoms with E-state index in [4.69, 9.17) is 10.5 Å². The van der Waals surface area contributed by atoms with Crippen molar-refractivity contribution in [2.45, 2.75) is 52.1 Å². The summed E-state index contributed by atoms with van der Waals surface area (Å²) in [6, 6.07) is 3.28. The summed E-state index contributed by atoms with van der Waals surface area (Å²) in [5.74, 6) is -1.22. The zero-order valence-corrected chi connectivity index (χ0v) is 16.4. The molecular formula is C18H29ClN2O5. The van der Waals surface area contributed by atoms with Crippen LogP contribution in [-0.2, 0) is 20.7 Å². The first kappa shape index (κ1) is 24.0. The van der Waals surface area contributed by atoms with E-state index in [9.17, 15) is 19.8 Å². The second kappa shape index (κ2) is 10.2. The SMILES string of the molecule is CC(C)CCOC(=O)[C@H](Cc1ccc(O)c(O)c1)NC(=O)C(C)(C)N.Cl. The molecule has 0 radical (unpaired) electrons. The molecule has 7 nitrogen and oxygen atoms in total. The fraction of sp³-hybridized carbons (Fsp3) is 0.556. The van der Waals surface area contributed by atoms with Gasteiger partial charge in [-0.3, -0.25) is 4.79 Å². The normalized spacial score (nSPS) is 12.2. The topological polar surface area (TPSA) is 122 Å². The third kappa shape index (κ3) is 7.93. The number of aromatic hydroxyl groups is 2. The van der Waals surface area contributed by atoms with E-state index < -0.39 is 23.5 Å². The third-order valence-electron chi connectivity index (χ3n) is 3.59. The Labute approximate surface area is 160 Å². The molecule has 0 aliphatic heterocycles. The van der Waals surface area contributed by atoms with E-state index in [1.165, 1.54) is 26.0 Å². The van der Waals surface area contributed by atoms with E-state index in [1.807, 2.05) is 13.8 Å². The maximum absolute atomic E-state index is 12.4. The molecule has 148 valence electrons. The van der Waals surface area contributed by atoms with Crippen molar-refractivity contribution in [2.75, 3.05) is 6.61 Å². The first-order chi connectivity index (χ1) is 11.5. The number of phenols is 2. The average molecular weight is 389 g/mol. The van der Waals surface area contributed by atoms with E-state index in [-0.39, 0.29) is 36.9 Å². The lowest BCUT2D eigenvalue weighted by molar-refractivity contribution is -0.148. The molecule has 0 fully saturated rings. The number of carbonyl (C=O) groups excluding carboxylic acids is 2. The van der Waals surface area contributed by atoms with Crippen LogP contribution in [-0.4, -0.2) is 40.3 Å². The third-order valence-corrected chi connectivity index (χ3v) is 3.59. The average Bonchev–Trinajstić information content (AvgIpc) is 2.48. The standard InChI is InChI=1S/C18H28N2O5.ClH/c1-11(2)7-8-25-16(23)13(20-17(24)18(3,4)19)9-12-5-6-14(21)15(22)10-12;/h5-6,10-11,13,21-22H,7-9,19H2,1-4H3,(H,20,24);1H/t13-;/m0./s1. The number of nitrogens with one attached hydrogen (secondary N) is 1. The number of benzene rings is 1. The van der Waals surface area contributed by atoms with Crippen molar-refractivity contribution >= 4 is 24.3 Å². The van der Waals surface area contributed by atoms with Crippen LogP contribution >= 0.6 is 12.4 Å². The van der Waals surface area contributed by atoms with Crippen LogP contribution in [0, 0.1) is 5.92 Å². The van der Waals surface area contributed by atoms with Crippen molar-refractivity contribution in [2.24, 2.45) is 11.7 Å². The minimum Gasteiger partial charge on any atom is -0.504 e. The smallest absolute Gasteiger partial charge is 0.328 e. The maximum atomic E-state index is 12.4. The lowest BCUT2D eigenvalue weighted by Crippen LogP contribution is -2.54. The van der Waals surface area contributed by atoms with Crippen molar-refractivity contribution < 1.29 is 24.5 Å². The fourth-order valence-corrected chi connectivity index (χ4v) is 1.97. The molecule has 0 saturated carbocycles. The Hall–Kier alpha value is -1.99. The predicted molar refractivity (Wildman–Crippen MR) is 101 cm³/mol. The number of phenolic OH excluding ortho intramolecular Hbond substituents is 2. The molecule has 1 amide bonds. The van der Waals surface area contributed by atoms with Gasteiger partial charge < -0.3 is 26.0 Å². The van der Waals surface area contributed by atoms with Crippen molar-refractivity contribution in [1.29, 1.82) is 0 Å². The largest absolute Gasteiger partial charge is 0.504 e. The second-order valence-electron chi connectivity index (χ2n) is 7.12. The van der Waals surface area contributed by atoms with Gasteiger partial charge in [-0.1, -0.05) is 19.9 Å². The first-order valence-corrected chi connectivity index (χ1v) is 8.28. The summed E-state index contributed by atoms with van der Waals surface area (Å²) in [4.78, 5) is 24.5. The van der Waals surface area contributed by atoms with E-state index in [1.54, 1.807) is 6.07 Å². The lowest BCUT2D eigenvalue weighted by atomic mass is 10.0. The summed E-state index contributed by atoms with van der Waals surface area (Å²) >= 11 is 0. The second-order valence-corrected chi connectivity index (χ2v) is 7.12. The molecule has 0 unspecified atom stereocenters. The summed E-state index contributed by atoms with van der Waals surface area (Å²) in [5.41, 5.74) is 5.19. The number of esters is 1. The van der Waals surface area contributed by atoms with Gasteiger partial charge in [0.1, 0.15) is 6.04 Å². The molecule has 1 aromatic carbocycles. The van der Waals surface area contributed by atoms with Crippen LogP contribution < -0.4 is 11.1 Å². The molecule has 0 spiro atoms. The minimum atomic E-state index is -1.15. The quantitative estimate of drug-likeness (QED) is 0.398. The number of halogens is 1. The molecule has 0 saturated heterocycles. The molecule has 0 heterocycles. The first-order valence-electron chi connectivity index (χ1n) is 8.28. The van der Waals surface area contributed by atoms with Crippen LogP contribution in [0.5, 0.6) is 11.5 Å². The number of hydrogen-bond donors (Lipinski definition) is 4. The highest BCUT2D eigenvalue weighted by Gasteiger charge is 2.29. The van der Waals surface area contributed by atoms with E-state index in [0.29, 0.717) is 11.5 Å². The molecule has 1 atom stereocenters.